The third-order valence-corrected chi connectivity index (χ3v) is 3.35. The Bertz CT molecular complexity index is 681. The highest BCUT2D eigenvalue weighted by molar-refractivity contribution is 7.13. The lowest BCUT2D eigenvalue weighted by Crippen LogP contribution is -2.28. The quantitative estimate of drug-likeness (QED) is 0.796. The SMILES string of the molecule is CC(C)(C)OC(=O)Cn1sc2cc(F)ccc2c1=O. The van der Waals surface area contributed by atoms with Crippen LogP contribution >= 0.6 is 11.5 Å². The zero-order chi connectivity index (χ0) is 14.2. The van der Waals surface area contributed by atoms with E-state index in [1.165, 1.54) is 22.2 Å². The molecular formula is C13H14FNO3S. The maximum atomic E-state index is 13.1. The fourth-order valence-electron chi connectivity index (χ4n) is 1.64. The number of carbonyl (C=O) groups is 1. The van der Waals surface area contributed by atoms with Crippen LogP contribution in [0.3, 0.4) is 0 Å². The lowest BCUT2D eigenvalue weighted by molar-refractivity contribution is -0.155. The van der Waals surface area contributed by atoms with Crippen molar-refractivity contribution in [3.05, 3.63) is 34.4 Å². The predicted molar refractivity (Wildman–Crippen MR) is 71.9 cm³/mol. The molecule has 0 aliphatic heterocycles. The molecule has 1 aromatic carbocycles. The third kappa shape index (κ3) is 3.20. The molecule has 1 heterocycles. The summed E-state index contributed by atoms with van der Waals surface area (Å²) in [5, 5.41) is 0.412. The van der Waals surface area contributed by atoms with Gasteiger partial charge in [0.2, 0.25) is 0 Å². The summed E-state index contributed by atoms with van der Waals surface area (Å²) in [5.41, 5.74) is -0.894. The first-order valence-corrected chi connectivity index (χ1v) is 6.55. The summed E-state index contributed by atoms with van der Waals surface area (Å²) in [6, 6.07) is 3.94. The van der Waals surface area contributed by atoms with Crippen LogP contribution in [-0.2, 0) is 16.1 Å². The van der Waals surface area contributed by atoms with Gasteiger partial charge in [-0.25, -0.2) is 4.39 Å². The number of hydrogen-bond acceptors (Lipinski definition) is 4. The molecule has 2 rings (SSSR count). The minimum atomic E-state index is -0.594. The molecule has 2 aromatic rings. The molecule has 1 aromatic heterocycles. The number of fused-ring (bicyclic) bond motifs is 1. The second-order valence-electron chi connectivity index (χ2n) is 5.16. The molecule has 0 spiro atoms. The minimum absolute atomic E-state index is 0.156. The van der Waals surface area contributed by atoms with E-state index in [9.17, 15) is 14.0 Å². The van der Waals surface area contributed by atoms with E-state index in [-0.39, 0.29) is 12.1 Å². The van der Waals surface area contributed by atoms with E-state index >= 15 is 0 Å². The smallest absolute Gasteiger partial charge is 0.327 e. The fraction of sp³-hybridized carbons (Fsp3) is 0.385. The van der Waals surface area contributed by atoms with Crippen molar-refractivity contribution >= 4 is 27.6 Å². The second kappa shape index (κ2) is 4.77. The summed E-state index contributed by atoms with van der Waals surface area (Å²) in [6.45, 7) is 5.12. The Morgan fingerprint density at radius 3 is 2.74 bits per heavy atom. The van der Waals surface area contributed by atoms with Crippen LogP contribution in [0.1, 0.15) is 20.8 Å². The Morgan fingerprint density at radius 1 is 1.42 bits per heavy atom. The Balaban J connectivity index is 2.29. The summed E-state index contributed by atoms with van der Waals surface area (Å²) < 4.78 is 20.0. The molecule has 0 aliphatic rings. The van der Waals surface area contributed by atoms with Crippen molar-refractivity contribution < 1.29 is 13.9 Å². The van der Waals surface area contributed by atoms with E-state index < -0.39 is 17.4 Å². The topological polar surface area (TPSA) is 48.3 Å². The zero-order valence-electron chi connectivity index (χ0n) is 10.9. The normalized spacial score (nSPS) is 11.8. The molecule has 0 fully saturated rings. The van der Waals surface area contributed by atoms with Crippen molar-refractivity contribution in [2.45, 2.75) is 32.9 Å². The molecule has 0 unspecified atom stereocenters. The van der Waals surface area contributed by atoms with Crippen molar-refractivity contribution in [1.29, 1.82) is 0 Å². The van der Waals surface area contributed by atoms with E-state index in [0.717, 1.165) is 11.5 Å². The van der Waals surface area contributed by atoms with Crippen molar-refractivity contribution in [1.82, 2.24) is 3.96 Å². The van der Waals surface area contributed by atoms with Crippen LogP contribution in [0, 0.1) is 5.82 Å². The van der Waals surface area contributed by atoms with E-state index in [2.05, 4.69) is 0 Å². The average Bonchev–Trinajstić information content (AvgIpc) is 2.52. The monoisotopic (exact) mass is 283 g/mol. The zero-order valence-corrected chi connectivity index (χ0v) is 11.7. The molecule has 0 radical (unpaired) electrons. The highest BCUT2D eigenvalue weighted by Crippen LogP contribution is 2.18. The van der Waals surface area contributed by atoms with Crippen LogP contribution in [0.5, 0.6) is 0 Å². The van der Waals surface area contributed by atoms with Gasteiger partial charge in [-0.15, -0.1) is 0 Å². The van der Waals surface area contributed by atoms with E-state index in [1.807, 2.05) is 0 Å². The van der Waals surface area contributed by atoms with Crippen molar-refractivity contribution in [2.75, 3.05) is 0 Å². The van der Waals surface area contributed by atoms with E-state index in [0.29, 0.717) is 10.1 Å². The lowest BCUT2D eigenvalue weighted by atomic mass is 10.2. The molecule has 0 bridgehead atoms. The number of rotatable bonds is 2. The highest BCUT2D eigenvalue weighted by Gasteiger charge is 2.18. The Hall–Kier alpha value is -1.69. The molecule has 19 heavy (non-hydrogen) atoms. The number of aromatic nitrogens is 1. The first-order valence-electron chi connectivity index (χ1n) is 5.77. The summed E-state index contributed by atoms with van der Waals surface area (Å²) >= 11 is 1.06. The molecule has 0 atom stereocenters. The molecule has 102 valence electrons. The molecule has 6 heteroatoms. The standard InChI is InChI=1S/C13H14FNO3S/c1-13(2,3)18-11(16)7-15-12(17)9-5-4-8(14)6-10(9)19-15/h4-6H,7H2,1-3H3. The molecule has 0 amide bonds. The maximum Gasteiger partial charge on any atom is 0.327 e. The van der Waals surface area contributed by atoms with Gasteiger partial charge >= 0.3 is 5.97 Å². The van der Waals surface area contributed by atoms with Gasteiger partial charge in [0, 0.05) is 0 Å². The van der Waals surface area contributed by atoms with Gasteiger partial charge in [-0.05, 0) is 39.0 Å². The van der Waals surface area contributed by atoms with Gasteiger partial charge in [0.15, 0.2) is 0 Å². The van der Waals surface area contributed by atoms with E-state index in [4.69, 9.17) is 4.74 Å². The van der Waals surface area contributed by atoms with Crippen LogP contribution in [-0.4, -0.2) is 15.5 Å². The van der Waals surface area contributed by atoms with Gasteiger partial charge < -0.3 is 4.74 Å². The van der Waals surface area contributed by atoms with Crippen LogP contribution in [0.15, 0.2) is 23.0 Å². The van der Waals surface area contributed by atoms with Crippen molar-refractivity contribution in [3.63, 3.8) is 0 Å². The Labute approximate surface area is 113 Å². The second-order valence-corrected chi connectivity index (χ2v) is 6.22. The largest absolute Gasteiger partial charge is 0.459 e. The molecule has 0 saturated heterocycles. The van der Waals surface area contributed by atoms with Gasteiger partial charge in [0.1, 0.15) is 18.0 Å². The number of ether oxygens (including phenoxy) is 1. The van der Waals surface area contributed by atoms with Gasteiger partial charge in [-0.1, -0.05) is 11.5 Å². The number of esters is 1. The minimum Gasteiger partial charge on any atom is -0.459 e. The number of nitrogens with zero attached hydrogens (tertiary/aromatic N) is 1. The van der Waals surface area contributed by atoms with Gasteiger partial charge in [0.25, 0.3) is 5.56 Å². The van der Waals surface area contributed by atoms with Crippen LogP contribution in [0.25, 0.3) is 10.1 Å². The number of halogens is 1. The number of carbonyl (C=O) groups excluding carboxylic acids is 1. The molecule has 4 nitrogen and oxygen atoms in total. The summed E-state index contributed by atoms with van der Waals surface area (Å²) in [5.74, 6) is -0.889. The average molecular weight is 283 g/mol. The maximum absolute atomic E-state index is 13.1. The predicted octanol–water partition coefficient (Wildman–Crippen LogP) is 2.54. The highest BCUT2D eigenvalue weighted by atomic mass is 32.1. The van der Waals surface area contributed by atoms with Crippen molar-refractivity contribution in [3.8, 4) is 0 Å². The molecular weight excluding hydrogens is 269 g/mol. The Morgan fingerprint density at radius 2 is 2.11 bits per heavy atom. The van der Waals surface area contributed by atoms with E-state index in [1.54, 1.807) is 20.8 Å². The number of hydrogen-bond donors (Lipinski definition) is 0. The van der Waals surface area contributed by atoms with Crippen molar-refractivity contribution in [2.24, 2.45) is 0 Å². The van der Waals surface area contributed by atoms with Crippen LogP contribution in [0.4, 0.5) is 4.39 Å². The van der Waals surface area contributed by atoms with Gasteiger partial charge in [-0.3, -0.25) is 13.5 Å². The van der Waals surface area contributed by atoms with Crippen LogP contribution in [0.2, 0.25) is 0 Å². The lowest BCUT2D eigenvalue weighted by Gasteiger charge is -2.19. The Kier molecular flexibility index (Phi) is 3.45. The molecule has 0 N–H and O–H groups in total. The molecule has 0 saturated carbocycles. The molecule has 0 aliphatic carbocycles. The fourth-order valence-corrected chi connectivity index (χ4v) is 2.65. The first kappa shape index (κ1) is 13.7. The van der Waals surface area contributed by atoms with Crippen LogP contribution < -0.4 is 5.56 Å². The number of benzene rings is 1. The third-order valence-electron chi connectivity index (χ3n) is 2.30. The summed E-state index contributed by atoms with van der Waals surface area (Å²) in [7, 11) is 0. The summed E-state index contributed by atoms with van der Waals surface area (Å²) in [6.07, 6.45) is 0. The van der Waals surface area contributed by atoms with Gasteiger partial charge in [-0.2, -0.15) is 0 Å². The first-order chi connectivity index (χ1) is 8.76. The van der Waals surface area contributed by atoms with Gasteiger partial charge in [0.05, 0.1) is 10.1 Å². The summed E-state index contributed by atoms with van der Waals surface area (Å²) in [4.78, 5) is 23.7.